The van der Waals surface area contributed by atoms with Gasteiger partial charge in [-0.1, -0.05) is 103 Å². The molecule has 0 saturated heterocycles. The molecule has 1 unspecified atom stereocenters. The molecule has 0 rings (SSSR count). The second-order valence-corrected chi connectivity index (χ2v) is 8.79. The molecule has 0 aromatic heterocycles. The Morgan fingerprint density at radius 1 is 0.677 bits per heavy atom. The lowest BCUT2D eigenvalue weighted by Crippen LogP contribution is -2.39. The van der Waals surface area contributed by atoms with Crippen molar-refractivity contribution in [1.29, 1.82) is 0 Å². The maximum atomic E-state index is 10.9. The summed E-state index contributed by atoms with van der Waals surface area (Å²) in [6, 6.07) is -0.978. The number of nitrogens with one attached hydrogen (secondary N) is 1. The predicted octanol–water partition coefficient (Wildman–Crippen LogP) is 7.10. The fourth-order valence-electron chi connectivity index (χ4n) is 3.78. The third-order valence-corrected chi connectivity index (χ3v) is 5.76. The molecule has 0 aromatic rings. The van der Waals surface area contributed by atoms with Gasteiger partial charge in [-0.2, -0.15) is 0 Å². The molecule has 182 valence electrons. The van der Waals surface area contributed by atoms with Gasteiger partial charge in [0, 0.05) is 0 Å². The normalized spacial score (nSPS) is 12.4. The highest BCUT2D eigenvalue weighted by molar-refractivity contribution is 5.80. The van der Waals surface area contributed by atoms with Crippen molar-refractivity contribution in [3.63, 3.8) is 0 Å². The van der Waals surface area contributed by atoms with E-state index in [1.807, 2.05) is 0 Å². The highest BCUT2D eigenvalue weighted by Gasteiger charge is 2.19. The number of hydrogen-bond donors (Lipinski definition) is 3. The fourth-order valence-corrected chi connectivity index (χ4v) is 3.78. The maximum Gasteiger partial charge on any atom is 0.321 e. The summed E-state index contributed by atoms with van der Waals surface area (Å²) in [4.78, 5) is 21.6. The van der Waals surface area contributed by atoms with E-state index in [9.17, 15) is 9.59 Å². The van der Waals surface area contributed by atoms with Crippen LogP contribution in [0.2, 0.25) is 0 Å². The van der Waals surface area contributed by atoms with Crippen molar-refractivity contribution < 1.29 is 19.8 Å². The van der Waals surface area contributed by atoms with E-state index < -0.39 is 18.0 Å². The molecular formula is C26H49NO4. The first kappa shape index (κ1) is 29.6. The molecule has 1 atom stereocenters. The second kappa shape index (κ2) is 23.3. The highest BCUT2D eigenvalue weighted by atomic mass is 16.4. The third kappa shape index (κ3) is 23.1. The lowest BCUT2D eigenvalue weighted by Gasteiger charge is -2.11. The van der Waals surface area contributed by atoms with Gasteiger partial charge in [-0.3, -0.25) is 9.59 Å². The largest absolute Gasteiger partial charge is 0.481 e. The summed E-state index contributed by atoms with van der Waals surface area (Å²) < 4.78 is 0. The van der Waals surface area contributed by atoms with Crippen LogP contribution in [0, 0.1) is 0 Å². The molecule has 0 spiro atoms. The zero-order chi connectivity index (χ0) is 23.0. The minimum absolute atomic E-state index is 0.370. The molecule has 0 aliphatic carbocycles. The number of carboxylic acid groups (broad SMARTS) is 2. The molecule has 0 radical (unpaired) electrons. The molecule has 31 heavy (non-hydrogen) atoms. The molecule has 0 saturated carbocycles. The van der Waals surface area contributed by atoms with Crippen LogP contribution in [0.1, 0.15) is 129 Å². The zero-order valence-corrected chi connectivity index (χ0v) is 20.1. The number of carbonyl (C=O) groups is 2. The van der Waals surface area contributed by atoms with Gasteiger partial charge in [0.1, 0.15) is 6.04 Å². The molecule has 0 bridgehead atoms. The molecule has 0 heterocycles. The maximum absolute atomic E-state index is 10.9. The Hall–Kier alpha value is -1.36. The van der Waals surface area contributed by atoms with E-state index in [4.69, 9.17) is 10.2 Å². The van der Waals surface area contributed by atoms with Crippen molar-refractivity contribution in [2.45, 2.75) is 135 Å². The van der Waals surface area contributed by atoms with Gasteiger partial charge in [0.2, 0.25) is 0 Å². The molecule has 0 aliphatic rings. The monoisotopic (exact) mass is 439 g/mol. The van der Waals surface area contributed by atoms with E-state index in [-0.39, 0.29) is 6.42 Å². The molecule has 0 amide bonds. The van der Waals surface area contributed by atoms with Crippen molar-refractivity contribution in [1.82, 2.24) is 5.32 Å². The van der Waals surface area contributed by atoms with Crippen molar-refractivity contribution in [2.24, 2.45) is 0 Å². The van der Waals surface area contributed by atoms with Crippen molar-refractivity contribution >= 4 is 11.9 Å². The summed E-state index contributed by atoms with van der Waals surface area (Å²) in [5.74, 6) is -2.17. The van der Waals surface area contributed by atoms with Crippen molar-refractivity contribution in [3.8, 4) is 0 Å². The van der Waals surface area contributed by atoms with Crippen LogP contribution in [0.25, 0.3) is 0 Å². The number of rotatable bonds is 24. The first-order valence-corrected chi connectivity index (χ1v) is 12.9. The Kier molecular flexibility index (Phi) is 22.3. The standard InChI is InChI=1S/C26H49NO4/c1-2-3-4-5-6-7-8-9-10-11-12-13-14-15-16-17-18-19-20-21-22-27-24(26(30)31)23-25(28)29/h9-10,24,27H,2-8,11-23H2,1H3,(H,28,29)(H,30,31)/b10-9-. The minimum atomic E-state index is -1.09. The van der Waals surface area contributed by atoms with E-state index in [2.05, 4.69) is 24.4 Å². The Labute approximate surface area is 191 Å². The Morgan fingerprint density at radius 3 is 1.52 bits per heavy atom. The average molecular weight is 440 g/mol. The summed E-state index contributed by atoms with van der Waals surface area (Å²) in [5.41, 5.74) is 0. The summed E-state index contributed by atoms with van der Waals surface area (Å²) in [6.45, 7) is 2.83. The van der Waals surface area contributed by atoms with E-state index in [1.54, 1.807) is 0 Å². The topological polar surface area (TPSA) is 86.6 Å². The summed E-state index contributed by atoms with van der Waals surface area (Å²) >= 11 is 0. The Balaban J connectivity index is 3.27. The molecule has 0 aromatic carbocycles. The number of aliphatic carboxylic acids is 2. The van der Waals surface area contributed by atoms with Crippen molar-refractivity contribution in [2.75, 3.05) is 6.54 Å². The molecule has 5 nitrogen and oxygen atoms in total. The first-order valence-electron chi connectivity index (χ1n) is 12.9. The van der Waals surface area contributed by atoms with Gasteiger partial charge < -0.3 is 15.5 Å². The summed E-state index contributed by atoms with van der Waals surface area (Å²) in [7, 11) is 0. The first-order chi connectivity index (χ1) is 15.1. The molecule has 0 fully saturated rings. The number of hydrogen-bond acceptors (Lipinski definition) is 3. The van der Waals surface area contributed by atoms with Crippen LogP contribution in [0.5, 0.6) is 0 Å². The van der Waals surface area contributed by atoms with Crippen LogP contribution < -0.4 is 5.32 Å². The lowest BCUT2D eigenvalue weighted by atomic mass is 10.1. The number of unbranched alkanes of at least 4 members (excludes halogenated alkanes) is 16. The SMILES string of the molecule is CCCCCCCC/C=C\CCCCCCCCCCCCNC(CC(=O)O)C(=O)O. The van der Waals surface area contributed by atoms with Crippen molar-refractivity contribution in [3.05, 3.63) is 12.2 Å². The number of allylic oxidation sites excluding steroid dienone is 2. The number of carboxylic acids is 2. The third-order valence-electron chi connectivity index (χ3n) is 5.76. The fraction of sp³-hybridized carbons (Fsp3) is 0.846. The van der Waals surface area contributed by atoms with E-state index in [0.29, 0.717) is 6.54 Å². The van der Waals surface area contributed by atoms with E-state index in [1.165, 1.54) is 103 Å². The van der Waals surface area contributed by atoms with Gasteiger partial charge in [0.15, 0.2) is 0 Å². The Morgan fingerprint density at radius 2 is 1.10 bits per heavy atom. The Bertz CT molecular complexity index is 451. The van der Waals surface area contributed by atoms with Crippen LogP contribution in [0.4, 0.5) is 0 Å². The lowest BCUT2D eigenvalue weighted by molar-refractivity contribution is -0.145. The zero-order valence-electron chi connectivity index (χ0n) is 20.1. The van der Waals surface area contributed by atoms with Crippen LogP contribution in [0.3, 0.4) is 0 Å². The average Bonchev–Trinajstić information content (AvgIpc) is 2.73. The molecule has 0 aliphatic heterocycles. The smallest absolute Gasteiger partial charge is 0.321 e. The van der Waals surface area contributed by atoms with Gasteiger partial charge in [-0.25, -0.2) is 0 Å². The summed E-state index contributed by atoms with van der Waals surface area (Å²) in [6.07, 6.45) is 27.4. The second-order valence-electron chi connectivity index (χ2n) is 8.79. The highest BCUT2D eigenvalue weighted by Crippen LogP contribution is 2.12. The van der Waals surface area contributed by atoms with E-state index >= 15 is 0 Å². The van der Waals surface area contributed by atoms with Gasteiger partial charge in [-0.15, -0.1) is 0 Å². The van der Waals surface area contributed by atoms with Crippen LogP contribution >= 0.6 is 0 Å². The van der Waals surface area contributed by atoms with Gasteiger partial charge in [0.25, 0.3) is 0 Å². The predicted molar refractivity (Wildman–Crippen MR) is 130 cm³/mol. The molecule has 3 N–H and O–H groups in total. The summed E-state index contributed by atoms with van der Waals surface area (Å²) in [5, 5.41) is 20.5. The molecule has 5 heteroatoms. The van der Waals surface area contributed by atoms with Gasteiger partial charge >= 0.3 is 11.9 Å². The van der Waals surface area contributed by atoms with Crippen LogP contribution in [0.15, 0.2) is 12.2 Å². The van der Waals surface area contributed by atoms with Gasteiger partial charge in [0.05, 0.1) is 6.42 Å². The van der Waals surface area contributed by atoms with Gasteiger partial charge in [-0.05, 0) is 38.6 Å². The van der Waals surface area contributed by atoms with E-state index in [0.717, 1.165) is 12.8 Å². The van der Waals surface area contributed by atoms with Crippen LogP contribution in [-0.4, -0.2) is 34.7 Å². The minimum Gasteiger partial charge on any atom is -0.481 e. The quantitative estimate of drug-likeness (QED) is 0.110. The van der Waals surface area contributed by atoms with Crippen LogP contribution in [-0.2, 0) is 9.59 Å². The molecular weight excluding hydrogens is 390 g/mol.